The molecule has 0 atom stereocenters. The lowest BCUT2D eigenvalue weighted by atomic mass is 10.3. The number of aromatic nitrogens is 1. The predicted molar refractivity (Wildman–Crippen MR) is 64.4 cm³/mol. The Balaban J connectivity index is 2.25. The van der Waals surface area contributed by atoms with E-state index in [2.05, 4.69) is 4.98 Å². The molecule has 0 spiro atoms. The average Bonchev–Trinajstić information content (AvgIpc) is 2.28. The van der Waals surface area contributed by atoms with Crippen molar-refractivity contribution < 1.29 is 19.7 Å². The molecular formula is C12H8ClNO4. The Labute approximate surface area is 107 Å². The molecule has 92 valence electrons. The van der Waals surface area contributed by atoms with E-state index in [1.165, 1.54) is 12.3 Å². The smallest absolute Gasteiger partial charge is 0.358 e. The van der Waals surface area contributed by atoms with Crippen LogP contribution < -0.4 is 4.74 Å². The second-order valence-electron chi connectivity index (χ2n) is 3.40. The zero-order valence-corrected chi connectivity index (χ0v) is 9.76. The lowest BCUT2D eigenvalue weighted by molar-refractivity contribution is 0.0687. The first-order valence-corrected chi connectivity index (χ1v) is 5.30. The summed E-state index contributed by atoms with van der Waals surface area (Å²) in [4.78, 5) is 14.2. The van der Waals surface area contributed by atoms with Crippen molar-refractivity contribution in [2.75, 3.05) is 0 Å². The standard InChI is InChI=1S/C12H8ClNO4/c13-7-2-1-3-8(4-7)18-9-5-10(15)11(12(16)17)14-6-9/h1-6,15H,(H,16,17). The fourth-order valence-electron chi connectivity index (χ4n) is 1.32. The third-order valence-electron chi connectivity index (χ3n) is 2.08. The molecule has 0 unspecified atom stereocenters. The lowest BCUT2D eigenvalue weighted by Gasteiger charge is -2.06. The van der Waals surface area contributed by atoms with Crippen LogP contribution in [0.4, 0.5) is 0 Å². The normalized spacial score (nSPS) is 10.1. The van der Waals surface area contributed by atoms with Gasteiger partial charge in [-0.2, -0.15) is 0 Å². The van der Waals surface area contributed by atoms with Gasteiger partial charge in [-0.05, 0) is 18.2 Å². The van der Waals surface area contributed by atoms with Gasteiger partial charge in [-0.15, -0.1) is 0 Å². The van der Waals surface area contributed by atoms with Gasteiger partial charge in [0.25, 0.3) is 0 Å². The first-order chi connectivity index (χ1) is 8.56. The van der Waals surface area contributed by atoms with E-state index in [9.17, 15) is 9.90 Å². The van der Waals surface area contributed by atoms with Crippen molar-refractivity contribution in [1.29, 1.82) is 0 Å². The quantitative estimate of drug-likeness (QED) is 0.892. The molecule has 0 aliphatic rings. The van der Waals surface area contributed by atoms with E-state index >= 15 is 0 Å². The SMILES string of the molecule is O=C(O)c1ncc(Oc2cccc(Cl)c2)cc1O. The molecule has 18 heavy (non-hydrogen) atoms. The minimum Gasteiger partial charge on any atom is -0.505 e. The monoisotopic (exact) mass is 265 g/mol. The molecule has 6 heteroatoms. The molecule has 2 aromatic rings. The van der Waals surface area contributed by atoms with Gasteiger partial charge in [0.2, 0.25) is 0 Å². The van der Waals surface area contributed by atoms with Gasteiger partial charge in [-0.1, -0.05) is 17.7 Å². The molecule has 0 saturated carbocycles. The van der Waals surface area contributed by atoms with Crippen molar-refractivity contribution in [3.8, 4) is 17.2 Å². The molecule has 5 nitrogen and oxygen atoms in total. The van der Waals surface area contributed by atoms with E-state index in [-0.39, 0.29) is 5.75 Å². The zero-order chi connectivity index (χ0) is 13.1. The Morgan fingerprint density at radius 3 is 2.67 bits per heavy atom. The minimum atomic E-state index is -1.30. The number of carboxylic acids is 1. The number of rotatable bonds is 3. The van der Waals surface area contributed by atoms with Gasteiger partial charge in [0.15, 0.2) is 11.4 Å². The van der Waals surface area contributed by atoms with Gasteiger partial charge in [-0.25, -0.2) is 9.78 Å². The number of hydrogen-bond acceptors (Lipinski definition) is 4. The van der Waals surface area contributed by atoms with Crippen molar-refractivity contribution in [1.82, 2.24) is 4.98 Å². The number of aromatic carboxylic acids is 1. The van der Waals surface area contributed by atoms with E-state index in [1.807, 2.05) is 0 Å². The molecule has 1 aromatic heterocycles. The largest absolute Gasteiger partial charge is 0.505 e. The van der Waals surface area contributed by atoms with Crippen LogP contribution in [-0.2, 0) is 0 Å². The molecule has 1 aromatic carbocycles. The van der Waals surface area contributed by atoms with Gasteiger partial charge >= 0.3 is 5.97 Å². The molecule has 0 radical (unpaired) electrons. The van der Waals surface area contributed by atoms with Gasteiger partial charge in [0.05, 0.1) is 6.20 Å². The maximum atomic E-state index is 10.7. The Hall–Kier alpha value is -2.27. The van der Waals surface area contributed by atoms with Crippen LogP contribution in [0.25, 0.3) is 0 Å². The van der Waals surface area contributed by atoms with E-state index in [0.29, 0.717) is 10.8 Å². The maximum Gasteiger partial charge on any atom is 0.358 e. The Morgan fingerprint density at radius 1 is 1.28 bits per heavy atom. The average molecular weight is 266 g/mol. The van der Waals surface area contributed by atoms with Crippen molar-refractivity contribution in [2.24, 2.45) is 0 Å². The van der Waals surface area contributed by atoms with Crippen LogP contribution in [0.3, 0.4) is 0 Å². The van der Waals surface area contributed by atoms with E-state index in [4.69, 9.17) is 21.4 Å². The summed E-state index contributed by atoms with van der Waals surface area (Å²) in [5.74, 6) is -1.07. The molecule has 2 rings (SSSR count). The van der Waals surface area contributed by atoms with Crippen LogP contribution in [0, 0.1) is 0 Å². The summed E-state index contributed by atoms with van der Waals surface area (Å²) in [5, 5.41) is 18.7. The van der Waals surface area contributed by atoms with Gasteiger partial charge in [0, 0.05) is 11.1 Å². The van der Waals surface area contributed by atoms with Gasteiger partial charge in [0.1, 0.15) is 11.5 Å². The topological polar surface area (TPSA) is 79.7 Å². The second kappa shape index (κ2) is 4.93. The molecule has 0 aliphatic heterocycles. The molecule has 0 aliphatic carbocycles. The number of halogens is 1. The Bertz CT molecular complexity index is 600. The number of nitrogens with zero attached hydrogens (tertiary/aromatic N) is 1. The number of ether oxygens (including phenoxy) is 1. The van der Waals surface area contributed by atoms with E-state index < -0.39 is 17.4 Å². The Kier molecular flexibility index (Phi) is 3.34. The maximum absolute atomic E-state index is 10.7. The first-order valence-electron chi connectivity index (χ1n) is 4.92. The van der Waals surface area contributed by atoms with Gasteiger partial charge in [-0.3, -0.25) is 0 Å². The number of pyridine rings is 1. The highest BCUT2D eigenvalue weighted by Gasteiger charge is 2.12. The summed E-state index contributed by atoms with van der Waals surface area (Å²) in [5.41, 5.74) is -0.423. The van der Waals surface area contributed by atoms with Crippen molar-refractivity contribution in [3.05, 3.63) is 47.2 Å². The second-order valence-corrected chi connectivity index (χ2v) is 3.84. The zero-order valence-electron chi connectivity index (χ0n) is 9.00. The summed E-state index contributed by atoms with van der Waals surface area (Å²) >= 11 is 5.79. The van der Waals surface area contributed by atoms with Gasteiger partial charge < -0.3 is 14.9 Å². The number of carboxylic acid groups (broad SMARTS) is 1. The van der Waals surface area contributed by atoms with E-state index in [1.54, 1.807) is 24.3 Å². The van der Waals surface area contributed by atoms with Crippen LogP contribution in [0.15, 0.2) is 36.5 Å². The fraction of sp³-hybridized carbons (Fsp3) is 0. The fourth-order valence-corrected chi connectivity index (χ4v) is 1.50. The lowest BCUT2D eigenvalue weighted by Crippen LogP contribution is -2.00. The minimum absolute atomic E-state index is 0.222. The molecular weight excluding hydrogens is 258 g/mol. The highest BCUT2D eigenvalue weighted by atomic mass is 35.5. The van der Waals surface area contributed by atoms with Crippen molar-refractivity contribution >= 4 is 17.6 Å². The highest BCUT2D eigenvalue weighted by Crippen LogP contribution is 2.27. The summed E-state index contributed by atoms with van der Waals surface area (Å²) in [6.45, 7) is 0. The molecule has 1 heterocycles. The first kappa shape index (κ1) is 12.2. The predicted octanol–water partition coefficient (Wildman–Crippen LogP) is 2.93. The molecule has 0 bridgehead atoms. The molecule has 2 N–H and O–H groups in total. The summed E-state index contributed by atoms with van der Waals surface area (Å²) < 4.78 is 5.37. The van der Waals surface area contributed by atoms with Crippen LogP contribution in [0.1, 0.15) is 10.5 Å². The third-order valence-corrected chi connectivity index (χ3v) is 2.31. The van der Waals surface area contributed by atoms with Crippen LogP contribution in [0.2, 0.25) is 5.02 Å². The number of carbonyl (C=O) groups is 1. The molecule has 0 saturated heterocycles. The Morgan fingerprint density at radius 2 is 2.06 bits per heavy atom. The molecule has 0 amide bonds. The number of hydrogen-bond donors (Lipinski definition) is 2. The van der Waals surface area contributed by atoms with E-state index in [0.717, 1.165) is 0 Å². The third kappa shape index (κ3) is 2.70. The number of benzene rings is 1. The van der Waals surface area contributed by atoms with Crippen molar-refractivity contribution in [2.45, 2.75) is 0 Å². The summed E-state index contributed by atoms with van der Waals surface area (Å²) in [6, 6.07) is 7.84. The van der Waals surface area contributed by atoms with Crippen LogP contribution in [0.5, 0.6) is 17.2 Å². The highest BCUT2D eigenvalue weighted by molar-refractivity contribution is 6.30. The summed E-state index contributed by atoms with van der Waals surface area (Å²) in [7, 11) is 0. The van der Waals surface area contributed by atoms with Crippen molar-refractivity contribution in [3.63, 3.8) is 0 Å². The van der Waals surface area contributed by atoms with Crippen LogP contribution in [-0.4, -0.2) is 21.2 Å². The number of aromatic hydroxyl groups is 1. The molecule has 0 fully saturated rings. The summed E-state index contributed by atoms with van der Waals surface area (Å²) in [6.07, 6.45) is 1.21. The van der Waals surface area contributed by atoms with Crippen LogP contribution >= 0.6 is 11.6 Å².